The molecule has 1 aromatic carbocycles. The molecular formula is C25H34N2OS. The molecule has 0 spiro atoms. The summed E-state index contributed by atoms with van der Waals surface area (Å²) in [5, 5.41) is 7.86. The minimum atomic E-state index is -0.160. The van der Waals surface area contributed by atoms with Crippen molar-refractivity contribution in [1.29, 1.82) is 0 Å². The average Bonchev–Trinajstić information content (AvgIpc) is 3.05. The van der Waals surface area contributed by atoms with E-state index in [1.807, 2.05) is 0 Å². The first-order valence-electron chi connectivity index (χ1n) is 10.9. The Bertz CT molecular complexity index is 918. The van der Waals surface area contributed by atoms with E-state index in [1.165, 1.54) is 28.8 Å². The van der Waals surface area contributed by atoms with Gasteiger partial charge in [-0.3, -0.25) is 4.79 Å². The molecule has 4 rings (SSSR count). The molecule has 2 N–H and O–H groups in total. The number of thiophene rings is 1. The van der Waals surface area contributed by atoms with Crippen LogP contribution < -0.4 is 10.6 Å². The first-order chi connectivity index (χ1) is 13.6. The first-order valence-corrected chi connectivity index (χ1v) is 11.7. The number of rotatable bonds is 3. The maximum Gasteiger partial charge on any atom is 0.256 e. The molecule has 1 aromatic heterocycles. The Labute approximate surface area is 179 Å². The van der Waals surface area contributed by atoms with Crippen LogP contribution in [0.3, 0.4) is 0 Å². The quantitative estimate of drug-likeness (QED) is 0.611. The van der Waals surface area contributed by atoms with E-state index in [2.05, 4.69) is 76.4 Å². The van der Waals surface area contributed by atoms with Gasteiger partial charge in [0, 0.05) is 4.88 Å². The summed E-state index contributed by atoms with van der Waals surface area (Å²) in [5.74, 6) is 0.776. The third-order valence-electron chi connectivity index (χ3n) is 7.17. The Hall–Kier alpha value is -1.81. The van der Waals surface area contributed by atoms with Gasteiger partial charge in [-0.2, -0.15) is 0 Å². The molecule has 2 aromatic rings. The number of hydrogen-bond donors (Lipinski definition) is 2. The molecule has 2 atom stereocenters. The van der Waals surface area contributed by atoms with Crippen LogP contribution in [0.4, 0.5) is 5.00 Å². The number of carbonyl (C=O) groups excluding carboxylic acids is 1. The van der Waals surface area contributed by atoms with Gasteiger partial charge in [0.05, 0.1) is 5.56 Å². The molecule has 2 heterocycles. The van der Waals surface area contributed by atoms with Gasteiger partial charge in [-0.1, -0.05) is 72.2 Å². The van der Waals surface area contributed by atoms with E-state index in [-0.39, 0.29) is 17.5 Å². The second kappa shape index (κ2) is 7.16. The van der Waals surface area contributed by atoms with Gasteiger partial charge in [0.2, 0.25) is 0 Å². The molecule has 4 heteroatoms. The fourth-order valence-electron chi connectivity index (χ4n) is 4.60. The molecule has 0 radical (unpaired) electrons. The first kappa shape index (κ1) is 20.5. The van der Waals surface area contributed by atoms with Gasteiger partial charge in [0.1, 0.15) is 11.2 Å². The molecule has 1 aliphatic carbocycles. The predicted octanol–water partition coefficient (Wildman–Crippen LogP) is 6.44. The molecule has 3 nitrogen and oxygen atoms in total. The maximum atomic E-state index is 13.0. The highest BCUT2D eigenvalue weighted by atomic mass is 32.1. The van der Waals surface area contributed by atoms with Crippen molar-refractivity contribution in [3.8, 4) is 0 Å². The lowest BCUT2D eigenvalue weighted by Gasteiger charge is -2.36. The summed E-state index contributed by atoms with van der Waals surface area (Å²) in [6, 6.07) is 8.62. The summed E-state index contributed by atoms with van der Waals surface area (Å²) >= 11 is 1.81. The summed E-state index contributed by atoms with van der Waals surface area (Å²) < 4.78 is 0. The van der Waals surface area contributed by atoms with Crippen molar-refractivity contribution < 1.29 is 4.79 Å². The van der Waals surface area contributed by atoms with Crippen LogP contribution in [0.25, 0.3) is 0 Å². The van der Waals surface area contributed by atoms with Crippen LogP contribution in [0.2, 0.25) is 0 Å². The highest BCUT2D eigenvalue weighted by Crippen LogP contribution is 2.47. The second-order valence-corrected chi connectivity index (χ2v) is 11.5. The molecule has 29 heavy (non-hydrogen) atoms. The van der Waals surface area contributed by atoms with Crippen molar-refractivity contribution in [2.24, 2.45) is 11.3 Å². The van der Waals surface area contributed by atoms with E-state index >= 15 is 0 Å². The average molecular weight is 411 g/mol. The Kier molecular flexibility index (Phi) is 5.05. The Balaban J connectivity index is 1.59. The molecule has 0 saturated heterocycles. The summed E-state index contributed by atoms with van der Waals surface area (Å²) in [7, 11) is 0. The molecule has 1 aliphatic heterocycles. The zero-order chi connectivity index (χ0) is 21.0. The van der Waals surface area contributed by atoms with Gasteiger partial charge in [0.25, 0.3) is 5.91 Å². The monoisotopic (exact) mass is 410 g/mol. The summed E-state index contributed by atoms with van der Waals surface area (Å²) in [6.07, 6.45) is 4.35. The van der Waals surface area contributed by atoms with Gasteiger partial charge < -0.3 is 10.6 Å². The Morgan fingerprint density at radius 1 is 1.07 bits per heavy atom. The van der Waals surface area contributed by atoms with Gasteiger partial charge in [-0.25, -0.2) is 0 Å². The molecule has 0 unspecified atom stereocenters. The molecule has 0 saturated carbocycles. The number of benzene rings is 1. The van der Waals surface area contributed by atoms with Crippen molar-refractivity contribution in [3.63, 3.8) is 0 Å². The Morgan fingerprint density at radius 3 is 2.38 bits per heavy atom. The van der Waals surface area contributed by atoms with Gasteiger partial charge >= 0.3 is 0 Å². The van der Waals surface area contributed by atoms with Crippen molar-refractivity contribution in [2.45, 2.75) is 78.8 Å². The molecule has 2 aliphatic rings. The largest absolute Gasteiger partial charge is 0.353 e. The van der Waals surface area contributed by atoms with Crippen LogP contribution in [0.5, 0.6) is 0 Å². The van der Waals surface area contributed by atoms with Crippen molar-refractivity contribution in [3.05, 3.63) is 51.4 Å². The SMILES string of the molecule is CCC(C)(C)[C@H]1CCc2c(sc3c2C(=O)N[C@H](c2ccc(C(C)(C)C)cc2)N3)C1. The molecular weight excluding hydrogens is 376 g/mol. The predicted molar refractivity (Wildman–Crippen MR) is 123 cm³/mol. The molecule has 0 bridgehead atoms. The Morgan fingerprint density at radius 2 is 1.76 bits per heavy atom. The summed E-state index contributed by atoms with van der Waals surface area (Å²) in [6.45, 7) is 13.7. The van der Waals surface area contributed by atoms with E-state index in [0.717, 1.165) is 29.0 Å². The highest BCUT2D eigenvalue weighted by molar-refractivity contribution is 7.16. The zero-order valence-corrected chi connectivity index (χ0v) is 19.4. The lowest BCUT2D eigenvalue weighted by molar-refractivity contribution is 0.0934. The smallest absolute Gasteiger partial charge is 0.256 e. The van der Waals surface area contributed by atoms with Gasteiger partial charge in [-0.05, 0) is 52.7 Å². The number of hydrogen-bond acceptors (Lipinski definition) is 3. The lowest BCUT2D eigenvalue weighted by Crippen LogP contribution is -2.38. The van der Waals surface area contributed by atoms with Crippen molar-refractivity contribution in [1.82, 2.24) is 5.32 Å². The van der Waals surface area contributed by atoms with E-state index in [4.69, 9.17) is 0 Å². The molecule has 1 amide bonds. The maximum absolute atomic E-state index is 13.0. The third kappa shape index (κ3) is 3.72. The highest BCUT2D eigenvalue weighted by Gasteiger charge is 2.37. The molecule has 156 valence electrons. The van der Waals surface area contributed by atoms with Crippen molar-refractivity contribution in [2.75, 3.05) is 5.32 Å². The lowest BCUT2D eigenvalue weighted by atomic mass is 9.69. The fraction of sp³-hybridized carbons (Fsp3) is 0.560. The topological polar surface area (TPSA) is 41.1 Å². The van der Waals surface area contributed by atoms with Crippen LogP contribution in [-0.2, 0) is 18.3 Å². The van der Waals surface area contributed by atoms with Crippen LogP contribution in [-0.4, -0.2) is 5.91 Å². The van der Waals surface area contributed by atoms with Crippen LogP contribution >= 0.6 is 11.3 Å². The third-order valence-corrected chi connectivity index (χ3v) is 8.36. The van der Waals surface area contributed by atoms with E-state index < -0.39 is 0 Å². The minimum absolute atomic E-state index is 0.0781. The zero-order valence-electron chi connectivity index (χ0n) is 18.6. The summed E-state index contributed by atoms with van der Waals surface area (Å²) in [5.41, 5.74) is 5.09. The second-order valence-electron chi connectivity index (χ2n) is 10.4. The standard InChI is InChI=1S/C25H34N2OS/c1-7-25(5,6)17-12-13-18-19(14-17)29-23-20(18)22(28)26-21(27-23)15-8-10-16(11-9-15)24(2,3)4/h8-11,17,21,27H,7,12-14H2,1-6H3,(H,26,28)/t17-,21-/m0/s1. The van der Waals surface area contributed by atoms with E-state index in [1.54, 1.807) is 11.3 Å². The van der Waals surface area contributed by atoms with Gasteiger partial charge in [0.15, 0.2) is 0 Å². The summed E-state index contributed by atoms with van der Waals surface area (Å²) in [4.78, 5) is 14.4. The van der Waals surface area contributed by atoms with Gasteiger partial charge in [-0.15, -0.1) is 11.3 Å². The number of nitrogens with one attached hydrogen (secondary N) is 2. The van der Waals surface area contributed by atoms with E-state index in [0.29, 0.717) is 11.3 Å². The van der Waals surface area contributed by atoms with Crippen LogP contribution in [0, 0.1) is 11.3 Å². The normalized spacial score (nSPS) is 21.8. The van der Waals surface area contributed by atoms with E-state index in [9.17, 15) is 4.79 Å². The van der Waals surface area contributed by atoms with Crippen molar-refractivity contribution >= 4 is 22.2 Å². The molecule has 0 fully saturated rings. The number of carbonyl (C=O) groups is 1. The fourth-order valence-corrected chi connectivity index (χ4v) is 5.95. The number of anilines is 1. The van der Waals surface area contributed by atoms with Crippen LogP contribution in [0.1, 0.15) is 92.5 Å². The van der Waals surface area contributed by atoms with Crippen LogP contribution in [0.15, 0.2) is 24.3 Å². The minimum Gasteiger partial charge on any atom is -0.353 e. The number of amides is 1. The number of fused-ring (bicyclic) bond motifs is 3.